The van der Waals surface area contributed by atoms with Crippen molar-refractivity contribution in [2.75, 3.05) is 34.9 Å². The minimum atomic E-state index is -1.41. The number of fused-ring (bicyclic) bond motifs is 1. The number of cyclic esters (lactones) is 1. The molecule has 3 N–H and O–H groups in total. The Morgan fingerprint density at radius 3 is 2.47 bits per heavy atom. The van der Waals surface area contributed by atoms with E-state index < -0.39 is 89.8 Å². The van der Waals surface area contributed by atoms with Gasteiger partial charge in [-0.2, -0.15) is 0 Å². The van der Waals surface area contributed by atoms with E-state index in [1.54, 1.807) is 53.5 Å². The fourth-order valence-electron chi connectivity index (χ4n) is 10.2. The second kappa shape index (κ2) is 22.6. The SMILES string of the molecule is CC[C@H]1OC(=O)[C@H](C)[C@@H](OC(=O)NC(C)C)[C@H](C)[C@@H](O[C@@H]2O[C@H](C)C[C@H](N(C)C)[C@H]2O)[C@@](C)(OC)C[C@@H](C)/C(=N\OC)[C@H](C)C2N(NCCCn3cnc(-c4cccnc4)c3)C(=O)O[C@@]21C. The number of carbonyl (C=O) groups excluding carboxylic acids is 3. The largest absolute Gasteiger partial charge is 0.458 e. The van der Waals surface area contributed by atoms with E-state index in [4.69, 9.17) is 33.3 Å². The zero-order chi connectivity index (χ0) is 48.7. The van der Waals surface area contributed by atoms with Gasteiger partial charge in [0.15, 0.2) is 11.9 Å². The highest BCUT2D eigenvalue weighted by Gasteiger charge is 2.61. The molecule has 5 heterocycles. The van der Waals surface area contributed by atoms with Crippen molar-refractivity contribution in [2.45, 2.75) is 168 Å². The van der Waals surface area contributed by atoms with Crippen molar-refractivity contribution in [2.24, 2.45) is 28.8 Å². The van der Waals surface area contributed by atoms with Gasteiger partial charge in [0, 0.05) is 74.2 Å². The van der Waals surface area contributed by atoms with Gasteiger partial charge in [0.25, 0.3) is 0 Å². The quantitative estimate of drug-likeness (QED) is 0.0937. The summed E-state index contributed by atoms with van der Waals surface area (Å²) in [5, 5.41) is 20.7. The van der Waals surface area contributed by atoms with Crippen LogP contribution in [0.2, 0.25) is 0 Å². The highest BCUT2D eigenvalue weighted by atomic mass is 16.7. The van der Waals surface area contributed by atoms with Gasteiger partial charge in [-0.05, 0) is 93.5 Å². The molecule has 0 aromatic carbocycles. The molecular weight excluding hydrogens is 853 g/mol. The van der Waals surface area contributed by atoms with Crippen LogP contribution in [0.4, 0.5) is 9.59 Å². The lowest BCUT2D eigenvalue weighted by Crippen LogP contribution is -2.62. The minimum absolute atomic E-state index is 0.263. The number of aliphatic hydroxyl groups excluding tert-OH is 1. The van der Waals surface area contributed by atoms with Crippen molar-refractivity contribution in [3.63, 3.8) is 0 Å². The molecule has 3 fully saturated rings. The molecule has 1 unspecified atom stereocenters. The summed E-state index contributed by atoms with van der Waals surface area (Å²) in [7, 11) is 6.83. The maximum Gasteiger partial charge on any atom is 0.425 e. The summed E-state index contributed by atoms with van der Waals surface area (Å²) in [6, 6.07) is 2.48. The number of methoxy groups -OCH3 is 1. The van der Waals surface area contributed by atoms with Crippen LogP contribution in [0.3, 0.4) is 0 Å². The van der Waals surface area contributed by atoms with Crippen molar-refractivity contribution < 1.29 is 52.7 Å². The molecule has 3 aliphatic rings. The lowest BCUT2D eigenvalue weighted by Gasteiger charge is -2.48. The van der Waals surface area contributed by atoms with Gasteiger partial charge in [-0.25, -0.2) is 25.0 Å². The normalized spacial score (nSPS) is 35.3. The number of nitrogens with zero attached hydrogens (tertiary/aromatic N) is 6. The molecule has 14 atom stereocenters. The lowest BCUT2D eigenvalue weighted by atomic mass is 9.73. The number of hydrogen-bond donors (Lipinski definition) is 3. The van der Waals surface area contributed by atoms with E-state index >= 15 is 0 Å². The number of amides is 2. The van der Waals surface area contributed by atoms with Crippen molar-refractivity contribution in [3.8, 4) is 11.3 Å². The number of rotatable bonds is 14. The Balaban J connectivity index is 1.55. The monoisotopic (exact) mass is 929 g/mol. The average Bonchev–Trinajstić information content (AvgIpc) is 3.85. The highest BCUT2D eigenvalue weighted by Crippen LogP contribution is 2.44. The Morgan fingerprint density at radius 1 is 1.12 bits per heavy atom. The molecule has 370 valence electrons. The van der Waals surface area contributed by atoms with Crippen molar-refractivity contribution in [1.29, 1.82) is 0 Å². The topological polar surface area (TPSA) is 210 Å². The molecule has 0 aliphatic carbocycles. The van der Waals surface area contributed by atoms with E-state index in [2.05, 4.69) is 25.9 Å². The fourth-order valence-corrected chi connectivity index (χ4v) is 10.2. The number of esters is 1. The summed E-state index contributed by atoms with van der Waals surface area (Å²) in [6.45, 7) is 19.5. The van der Waals surface area contributed by atoms with Gasteiger partial charge in [-0.3, -0.25) is 9.78 Å². The minimum Gasteiger partial charge on any atom is -0.458 e. The number of hydrazine groups is 1. The van der Waals surface area contributed by atoms with Crippen molar-refractivity contribution in [3.05, 3.63) is 37.1 Å². The molecule has 3 saturated heterocycles. The molecule has 0 bridgehead atoms. The zero-order valence-corrected chi connectivity index (χ0v) is 41.4. The predicted molar refractivity (Wildman–Crippen MR) is 246 cm³/mol. The molecular formula is C47H76N8O11. The van der Waals surface area contributed by atoms with Crippen molar-refractivity contribution >= 4 is 23.9 Å². The van der Waals surface area contributed by atoms with Crippen molar-refractivity contribution in [1.82, 2.24) is 35.2 Å². The summed E-state index contributed by atoms with van der Waals surface area (Å²) >= 11 is 0. The zero-order valence-electron chi connectivity index (χ0n) is 41.4. The number of carbonyl (C=O) groups is 3. The number of ether oxygens (including phenoxy) is 6. The third kappa shape index (κ3) is 11.8. The van der Waals surface area contributed by atoms with Crippen LogP contribution < -0.4 is 10.7 Å². The average molecular weight is 929 g/mol. The van der Waals surface area contributed by atoms with E-state index in [1.165, 1.54) is 12.1 Å². The van der Waals surface area contributed by atoms with Crippen LogP contribution in [0, 0.1) is 23.7 Å². The molecule has 19 heteroatoms. The number of oxime groups is 1. The third-order valence-electron chi connectivity index (χ3n) is 13.6. The fraction of sp³-hybridized carbons (Fsp3) is 0.745. The molecule has 0 spiro atoms. The molecule has 2 amide bonds. The molecule has 19 nitrogen and oxygen atoms in total. The van der Waals surface area contributed by atoms with E-state index in [0.717, 1.165) is 11.3 Å². The number of likely N-dealkylation sites (N-methyl/N-ethyl adjacent to an activating group) is 1. The summed E-state index contributed by atoms with van der Waals surface area (Å²) in [4.78, 5) is 58.7. The second-order valence-corrected chi connectivity index (χ2v) is 19.3. The van der Waals surface area contributed by atoms with Crippen LogP contribution in [-0.4, -0.2) is 154 Å². The number of pyridine rings is 1. The lowest BCUT2D eigenvalue weighted by molar-refractivity contribution is -0.301. The smallest absolute Gasteiger partial charge is 0.425 e. The van der Waals surface area contributed by atoms with E-state index in [1.807, 2.05) is 83.4 Å². The number of nitrogens with one attached hydrogen (secondary N) is 2. The second-order valence-electron chi connectivity index (χ2n) is 19.3. The summed E-state index contributed by atoms with van der Waals surface area (Å²) < 4.78 is 40.7. The molecule has 66 heavy (non-hydrogen) atoms. The van der Waals surface area contributed by atoms with Gasteiger partial charge in [-0.1, -0.05) is 32.9 Å². The number of imidazole rings is 1. The first-order valence-corrected chi connectivity index (χ1v) is 23.4. The standard InChI is InChI=1S/C47H76N8O11/c1-15-36-47(10)40(55(45(59)66-47)50-20-17-21-54-25-34(49-26-54)33-18-16-19-48-24-33)30(6)37(52-61-14)28(4)23-46(9,60-13)41(65-43-38(56)35(53(11)12)22-29(5)62-43)31(7)39(32(8)42(57)63-36)64-44(58)51-27(2)3/h16,18-19,24-32,35-36,38-41,43,50,56H,15,17,20-23H2,1-14H3,(H,51,58)/b52-37+/t28-,29-,30+,31+,32-,35+,36-,38-,39+,40?,41-,43+,46+,47-/m1/s1. The first-order valence-electron chi connectivity index (χ1n) is 23.4. The van der Waals surface area contributed by atoms with Crippen LogP contribution in [0.1, 0.15) is 94.9 Å². The third-order valence-corrected chi connectivity index (χ3v) is 13.6. The molecule has 2 aromatic heterocycles. The number of alkyl carbamates (subject to hydrolysis) is 1. The highest BCUT2D eigenvalue weighted by molar-refractivity contribution is 5.90. The Hall–Kier alpha value is -4.40. The summed E-state index contributed by atoms with van der Waals surface area (Å²) in [6.07, 6.45) is 2.04. The maximum atomic E-state index is 14.7. The predicted octanol–water partition coefficient (Wildman–Crippen LogP) is 5.41. The van der Waals surface area contributed by atoms with Crippen LogP contribution >= 0.6 is 0 Å². The molecule has 5 rings (SSSR count). The number of hydrogen-bond acceptors (Lipinski definition) is 16. The van der Waals surface area contributed by atoms with Gasteiger partial charge >= 0.3 is 18.2 Å². The number of aryl methyl sites for hydroxylation is 1. The van der Waals surface area contributed by atoms with E-state index in [0.29, 0.717) is 31.6 Å². The van der Waals surface area contributed by atoms with E-state index in [9.17, 15) is 19.5 Å². The van der Waals surface area contributed by atoms with Gasteiger partial charge in [0.2, 0.25) is 0 Å². The Kier molecular flexibility index (Phi) is 18.0. The molecule has 3 aliphatic heterocycles. The van der Waals surface area contributed by atoms with Crippen LogP contribution in [-0.2, 0) is 44.6 Å². The van der Waals surface area contributed by atoms with Gasteiger partial charge in [0.1, 0.15) is 31.5 Å². The molecule has 0 radical (unpaired) electrons. The molecule has 0 saturated carbocycles. The van der Waals surface area contributed by atoms with Crippen LogP contribution in [0.5, 0.6) is 0 Å². The number of aliphatic hydroxyl groups is 1. The molecule has 2 aromatic rings. The number of aromatic nitrogens is 3. The summed E-state index contributed by atoms with van der Waals surface area (Å²) in [5.41, 5.74) is 3.03. The Bertz CT molecular complexity index is 1940. The van der Waals surface area contributed by atoms with Crippen LogP contribution in [0.15, 0.2) is 42.2 Å². The van der Waals surface area contributed by atoms with Gasteiger partial charge < -0.3 is 53.1 Å². The Morgan fingerprint density at radius 2 is 1.85 bits per heavy atom. The first kappa shape index (κ1) is 52.6. The van der Waals surface area contributed by atoms with Gasteiger partial charge in [0.05, 0.1) is 41.5 Å². The first-order chi connectivity index (χ1) is 31.2. The van der Waals surface area contributed by atoms with Gasteiger partial charge in [-0.15, -0.1) is 0 Å². The van der Waals surface area contributed by atoms with E-state index in [-0.39, 0.29) is 31.0 Å². The Labute approximate surface area is 390 Å². The maximum absolute atomic E-state index is 14.7. The van der Waals surface area contributed by atoms with Crippen LogP contribution in [0.25, 0.3) is 11.3 Å². The summed E-state index contributed by atoms with van der Waals surface area (Å²) in [5.74, 6) is -3.47.